The van der Waals surface area contributed by atoms with E-state index in [1.165, 1.54) is 6.33 Å². The largest absolute Gasteiger partial charge is 0.339 e. The minimum atomic E-state index is -0.142. The SMILES string of the molecule is CC1C(NC(=O)Cc2ccc(-n3cnnn3)cc2)NNC1c1ccncc1. The molecule has 1 aromatic carbocycles. The van der Waals surface area contributed by atoms with Gasteiger partial charge in [-0.3, -0.25) is 9.78 Å². The van der Waals surface area contributed by atoms with Crippen molar-refractivity contribution in [2.24, 2.45) is 5.92 Å². The molecular weight excluding hydrogens is 344 g/mol. The molecular formula is C18H20N8O. The molecule has 3 aromatic rings. The van der Waals surface area contributed by atoms with E-state index in [0.717, 1.165) is 16.8 Å². The van der Waals surface area contributed by atoms with E-state index in [-0.39, 0.29) is 24.0 Å². The third-order valence-corrected chi connectivity index (χ3v) is 4.74. The van der Waals surface area contributed by atoms with Crippen molar-refractivity contribution in [3.63, 3.8) is 0 Å². The molecule has 3 unspecified atom stereocenters. The van der Waals surface area contributed by atoms with Crippen LogP contribution in [0.2, 0.25) is 0 Å². The smallest absolute Gasteiger partial charge is 0.225 e. The van der Waals surface area contributed by atoms with Crippen molar-refractivity contribution in [2.45, 2.75) is 25.6 Å². The molecule has 0 radical (unpaired) electrons. The number of carbonyl (C=O) groups is 1. The zero-order valence-corrected chi connectivity index (χ0v) is 14.8. The molecule has 2 aromatic heterocycles. The van der Waals surface area contributed by atoms with Crippen LogP contribution in [0.1, 0.15) is 24.1 Å². The Morgan fingerprint density at radius 3 is 2.63 bits per heavy atom. The predicted octanol–water partition coefficient (Wildman–Crippen LogP) is 0.527. The van der Waals surface area contributed by atoms with Crippen molar-refractivity contribution in [1.29, 1.82) is 0 Å². The average molecular weight is 364 g/mol. The number of nitrogens with one attached hydrogen (secondary N) is 3. The summed E-state index contributed by atoms with van der Waals surface area (Å²) in [5, 5.41) is 14.1. The summed E-state index contributed by atoms with van der Waals surface area (Å²) in [7, 11) is 0. The Labute approximate surface area is 156 Å². The monoisotopic (exact) mass is 364 g/mol. The van der Waals surface area contributed by atoms with Crippen LogP contribution in [0.25, 0.3) is 5.69 Å². The maximum Gasteiger partial charge on any atom is 0.225 e. The van der Waals surface area contributed by atoms with E-state index in [2.05, 4.69) is 43.6 Å². The predicted molar refractivity (Wildman–Crippen MR) is 97.2 cm³/mol. The van der Waals surface area contributed by atoms with Crippen LogP contribution < -0.4 is 16.2 Å². The number of pyridine rings is 1. The van der Waals surface area contributed by atoms with Crippen molar-refractivity contribution in [1.82, 2.24) is 41.4 Å². The lowest BCUT2D eigenvalue weighted by Gasteiger charge is -2.19. The maximum absolute atomic E-state index is 12.4. The molecule has 3 N–H and O–H groups in total. The van der Waals surface area contributed by atoms with Gasteiger partial charge in [0.15, 0.2) is 0 Å². The first kappa shape index (κ1) is 17.3. The van der Waals surface area contributed by atoms with Gasteiger partial charge in [-0.1, -0.05) is 19.1 Å². The number of rotatable bonds is 5. The van der Waals surface area contributed by atoms with Crippen LogP contribution in [0.3, 0.4) is 0 Å². The third-order valence-electron chi connectivity index (χ3n) is 4.74. The molecule has 27 heavy (non-hydrogen) atoms. The van der Waals surface area contributed by atoms with Crippen LogP contribution in [0, 0.1) is 5.92 Å². The van der Waals surface area contributed by atoms with Gasteiger partial charge in [-0.15, -0.1) is 5.10 Å². The number of hydrogen-bond acceptors (Lipinski definition) is 7. The van der Waals surface area contributed by atoms with E-state index < -0.39 is 0 Å². The van der Waals surface area contributed by atoms with Gasteiger partial charge in [0.2, 0.25) is 5.91 Å². The fraction of sp³-hybridized carbons (Fsp3) is 0.278. The molecule has 1 fully saturated rings. The number of hydrogen-bond donors (Lipinski definition) is 3. The fourth-order valence-corrected chi connectivity index (χ4v) is 3.22. The molecule has 1 aliphatic rings. The second-order valence-electron chi connectivity index (χ2n) is 6.55. The Hall–Kier alpha value is -3.17. The van der Waals surface area contributed by atoms with E-state index in [0.29, 0.717) is 6.42 Å². The Balaban J connectivity index is 1.34. The average Bonchev–Trinajstić information content (AvgIpc) is 3.34. The number of amides is 1. The number of hydrazine groups is 1. The summed E-state index contributed by atoms with van der Waals surface area (Å²) in [6, 6.07) is 11.7. The van der Waals surface area contributed by atoms with E-state index >= 15 is 0 Å². The van der Waals surface area contributed by atoms with Crippen molar-refractivity contribution < 1.29 is 4.79 Å². The van der Waals surface area contributed by atoms with Gasteiger partial charge >= 0.3 is 0 Å². The first-order chi connectivity index (χ1) is 13.2. The Morgan fingerprint density at radius 1 is 1.15 bits per heavy atom. The minimum absolute atomic E-state index is 0.0355. The highest BCUT2D eigenvalue weighted by atomic mass is 16.1. The highest BCUT2D eigenvalue weighted by Gasteiger charge is 2.34. The molecule has 0 bridgehead atoms. The molecule has 1 amide bonds. The lowest BCUT2D eigenvalue weighted by atomic mass is 9.95. The number of aromatic nitrogens is 5. The molecule has 138 valence electrons. The summed E-state index contributed by atoms with van der Waals surface area (Å²) in [5.74, 6) is 0.158. The van der Waals surface area contributed by atoms with Gasteiger partial charge in [0.25, 0.3) is 0 Å². The molecule has 0 aliphatic carbocycles. The fourth-order valence-electron chi connectivity index (χ4n) is 3.22. The van der Waals surface area contributed by atoms with Crippen LogP contribution in [-0.2, 0) is 11.2 Å². The van der Waals surface area contributed by atoms with Crippen molar-refractivity contribution in [3.05, 3.63) is 66.2 Å². The van der Waals surface area contributed by atoms with Crippen molar-refractivity contribution in [3.8, 4) is 5.69 Å². The quantitative estimate of drug-likeness (QED) is 0.606. The number of benzene rings is 1. The van der Waals surface area contributed by atoms with Gasteiger partial charge < -0.3 is 5.32 Å². The van der Waals surface area contributed by atoms with Gasteiger partial charge in [0.05, 0.1) is 24.3 Å². The van der Waals surface area contributed by atoms with Gasteiger partial charge in [-0.05, 0) is 45.8 Å². The van der Waals surface area contributed by atoms with Crippen LogP contribution in [0.4, 0.5) is 0 Å². The molecule has 4 rings (SSSR count). The Morgan fingerprint density at radius 2 is 1.93 bits per heavy atom. The number of carbonyl (C=O) groups excluding carboxylic acids is 1. The molecule has 9 heteroatoms. The van der Waals surface area contributed by atoms with Gasteiger partial charge in [0.1, 0.15) is 6.33 Å². The Bertz CT molecular complexity index is 881. The zero-order valence-electron chi connectivity index (χ0n) is 14.8. The van der Waals surface area contributed by atoms with Crippen molar-refractivity contribution >= 4 is 5.91 Å². The summed E-state index contributed by atoms with van der Waals surface area (Å²) >= 11 is 0. The zero-order chi connectivity index (χ0) is 18.6. The van der Waals surface area contributed by atoms with E-state index in [9.17, 15) is 4.79 Å². The molecule has 3 atom stereocenters. The molecule has 0 saturated carbocycles. The van der Waals surface area contributed by atoms with E-state index in [1.807, 2.05) is 36.4 Å². The van der Waals surface area contributed by atoms with E-state index in [4.69, 9.17) is 0 Å². The van der Waals surface area contributed by atoms with Crippen molar-refractivity contribution in [2.75, 3.05) is 0 Å². The third kappa shape index (κ3) is 3.83. The standard InChI is InChI=1S/C18H20N8O/c1-12-17(14-6-8-19-9-7-14)22-23-18(12)21-16(27)10-13-2-4-15(5-3-13)26-11-20-24-25-26/h2-9,11-12,17-18,22-23H,10H2,1H3,(H,21,27). The lowest BCUT2D eigenvalue weighted by Crippen LogP contribution is -2.46. The lowest BCUT2D eigenvalue weighted by molar-refractivity contribution is -0.121. The molecule has 9 nitrogen and oxygen atoms in total. The van der Waals surface area contributed by atoms with Crippen LogP contribution in [0.5, 0.6) is 0 Å². The minimum Gasteiger partial charge on any atom is -0.339 e. The van der Waals surface area contributed by atoms with Crippen LogP contribution in [-0.4, -0.2) is 37.3 Å². The van der Waals surface area contributed by atoms with E-state index in [1.54, 1.807) is 17.1 Å². The maximum atomic E-state index is 12.4. The van der Waals surface area contributed by atoms with Gasteiger partial charge in [-0.2, -0.15) is 0 Å². The second kappa shape index (κ2) is 7.60. The first-order valence-corrected chi connectivity index (χ1v) is 8.73. The first-order valence-electron chi connectivity index (χ1n) is 8.73. The number of nitrogens with zero attached hydrogens (tertiary/aromatic N) is 5. The van der Waals surface area contributed by atoms with Crippen LogP contribution in [0.15, 0.2) is 55.1 Å². The Kier molecular flexibility index (Phi) is 4.86. The summed E-state index contributed by atoms with van der Waals surface area (Å²) in [6.07, 6.45) is 5.24. The highest BCUT2D eigenvalue weighted by Crippen LogP contribution is 2.26. The number of tetrazole rings is 1. The summed E-state index contributed by atoms with van der Waals surface area (Å²) in [6.45, 7) is 2.10. The molecule has 3 heterocycles. The molecule has 1 aliphatic heterocycles. The van der Waals surface area contributed by atoms with Gasteiger partial charge in [-0.25, -0.2) is 15.5 Å². The molecule has 0 spiro atoms. The topological polar surface area (TPSA) is 110 Å². The summed E-state index contributed by atoms with van der Waals surface area (Å²) < 4.78 is 1.57. The highest BCUT2D eigenvalue weighted by molar-refractivity contribution is 5.79. The normalized spacial score (nSPS) is 21.9. The van der Waals surface area contributed by atoms with Crippen LogP contribution >= 0.6 is 0 Å². The summed E-state index contributed by atoms with van der Waals surface area (Å²) in [4.78, 5) is 16.5. The second-order valence-corrected chi connectivity index (χ2v) is 6.55. The molecule has 1 saturated heterocycles. The summed E-state index contributed by atoms with van der Waals surface area (Å²) in [5.41, 5.74) is 9.33. The van der Waals surface area contributed by atoms with Gasteiger partial charge in [0, 0.05) is 18.3 Å².